The molecule has 0 aliphatic rings. The zero-order chi connectivity index (χ0) is 8.27. The molecule has 0 aliphatic heterocycles. The maximum atomic E-state index is 8.99. The molecule has 0 saturated carbocycles. The van der Waals surface area contributed by atoms with Crippen molar-refractivity contribution in [3.05, 3.63) is 24.3 Å². The van der Waals surface area contributed by atoms with Crippen LogP contribution in [0.15, 0.2) is 24.3 Å². The monoisotopic (exact) mass is 148 g/mol. The summed E-state index contributed by atoms with van der Waals surface area (Å²) in [4.78, 5) is 0. The molecule has 1 nitrogen and oxygen atoms in total. The molecule has 0 amide bonds. The van der Waals surface area contributed by atoms with Crippen molar-refractivity contribution in [3.8, 4) is 5.75 Å². The third-order valence-electron chi connectivity index (χ3n) is 1.58. The number of phenols is 1. The first-order valence-corrected chi connectivity index (χ1v) is 3.96. The molecule has 0 heterocycles. The molecule has 2 heteroatoms. The third-order valence-corrected chi connectivity index (χ3v) is 1.58. The first-order chi connectivity index (χ1) is 5.18. The minimum Gasteiger partial charge on any atom is -0.508 e. The normalized spacial score (nSPS) is 10.1. The van der Waals surface area contributed by atoms with E-state index in [0.717, 1.165) is 7.28 Å². The van der Waals surface area contributed by atoms with E-state index in [-0.39, 0.29) is 0 Å². The highest BCUT2D eigenvalue weighted by molar-refractivity contribution is 6.54. The number of hydrogen-bond donors (Lipinski definition) is 1. The Morgan fingerprint density at radius 1 is 1.18 bits per heavy atom. The first-order valence-electron chi connectivity index (χ1n) is 3.96. The molecular weight excluding hydrogens is 135 g/mol. The van der Waals surface area contributed by atoms with Gasteiger partial charge in [0, 0.05) is 0 Å². The van der Waals surface area contributed by atoms with Crippen LogP contribution in [0.1, 0.15) is 13.8 Å². The lowest BCUT2D eigenvalue weighted by atomic mass is 9.61. The topological polar surface area (TPSA) is 20.2 Å². The molecule has 0 unspecified atom stereocenters. The van der Waals surface area contributed by atoms with Crippen LogP contribution in [-0.4, -0.2) is 12.4 Å². The summed E-state index contributed by atoms with van der Waals surface area (Å²) in [6.07, 6.45) is 0. The van der Waals surface area contributed by atoms with Crippen molar-refractivity contribution in [2.45, 2.75) is 19.7 Å². The summed E-state index contributed by atoms with van der Waals surface area (Å²) in [7, 11) is 1.08. The Bertz CT molecular complexity index is 216. The van der Waals surface area contributed by atoms with Crippen molar-refractivity contribution in [2.75, 3.05) is 0 Å². The highest BCUT2D eigenvalue weighted by Crippen LogP contribution is 2.04. The zero-order valence-corrected chi connectivity index (χ0v) is 7.04. The van der Waals surface area contributed by atoms with Crippen LogP contribution in [-0.2, 0) is 0 Å². The van der Waals surface area contributed by atoms with Crippen LogP contribution in [0.4, 0.5) is 0 Å². The van der Waals surface area contributed by atoms with Gasteiger partial charge >= 0.3 is 0 Å². The van der Waals surface area contributed by atoms with Crippen molar-refractivity contribution in [1.29, 1.82) is 0 Å². The van der Waals surface area contributed by atoms with Gasteiger partial charge in [0.25, 0.3) is 0 Å². The fourth-order valence-corrected chi connectivity index (χ4v) is 1.10. The lowest BCUT2D eigenvalue weighted by Gasteiger charge is -2.01. The Labute approximate surface area is 68.3 Å². The third kappa shape index (κ3) is 2.66. The Morgan fingerprint density at radius 2 is 1.73 bits per heavy atom. The number of aromatic hydroxyl groups is 1. The number of phenolic OH excluding ortho intramolecular Hbond substituents is 1. The average Bonchev–Trinajstić information content (AvgIpc) is 1.93. The predicted octanol–water partition coefficient (Wildman–Crippen LogP) is 1.28. The van der Waals surface area contributed by atoms with Gasteiger partial charge in [-0.3, -0.25) is 0 Å². The Morgan fingerprint density at radius 3 is 2.18 bits per heavy atom. The van der Waals surface area contributed by atoms with Crippen molar-refractivity contribution in [2.24, 2.45) is 0 Å². The van der Waals surface area contributed by atoms with E-state index in [1.54, 1.807) is 12.1 Å². The van der Waals surface area contributed by atoms with Crippen LogP contribution in [0.5, 0.6) is 5.75 Å². The molecule has 1 rings (SSSR count). The summed E-state index contributed by atoms with van der Waals surface area (Å²) in [5.41, 5.74) is 1.29. The molecule has 0 aliphatic carbocycles. The summed E-state index contributed by atoms with van der Waals surface area (Å²) in [5, 5.41) is 8.99. The fourth-order valence-electron chi connectivity index (χ4n) is 1.10. The molecule has 0 radical (unpaired) electrons. The van der Waals surface area contributed by atoms with E-state index in [9.17, 15) is 0 Å². The molecule has 1 aromatic rings. The number of rotatable bonds is 2. The predicted molar refractivity (Wildman–Crippen MR) is 50.0 cm³/mol. The van der Waals surface area contributed by atoms with E-state index in [2.05, 4.69) is 13.8 Å². The van der Waals surface area contributed by atoms with Gasteiger partial charge in [0.05, 0.1) is 0 Å². The lowest BCUT2D eigenvalue weighted by Crippen LogP contribution is -2.15. The summed E-state index contributed by atoms with van der Waals surface area (Å²) < 4.78 is 0. The molecule has 0 spiro atoms. The van der Waals surface area contributed by atoms with Crippen LogP contribution < -0.4 is 5.46 Å². The Hall–Kier alpha value is -0.915. The SMILES string of the molecule is CC(C)Bc1ccc(O)cc1. The first kappa shape index (κ1) is 8.18. The van der Waals surface area contributed by atoms with Crippen LogP contribution in [0.2, 0.25) is 5.82 Å². The molecule has 0 bridgehead atoms. The van der Waals surface area contributed by atoms with E-state index >= 15 is 0 Å². The van der Waals surface area contributed by atoms with Gasteiger partial charge in [-0.05, 0) is 12.1 Å². The molecule has 0 fully saturated rings. The second-order valence-corrected chi connectivity index (χ2v) is 3.26. The average molecular weight is 148 g/mol. The highest BCUT2D eigenvalue weighted by atomic mass is 16.3. The van der Waals surface area contributed by atoms with Gasteiger partial charge in [-0.25, -0.2) is 0 Å². The number of hydrogen-bond acceptors (Lipinski definition) is 1. The quantitative estimate of drug-likeness (QED) is 0.626. The standard InChI is InChI=1S/C9H13BO/c1-7(2)10-8-3-5-9(11)6-4-8/h3-7,10-11H,1-2H3. The van der Waals surface area contributed by atoms with Crippen molar-refractivity contribution < 1.29 is 5.11 Å². The van der Waals surface area contributed by atoms with Gasteiger partial charge in [0.15, 0.2) is 7.28 Å². The van der Waals surface area contributed by atoms with E-state index in [1.165, 1.54) is 5.46 Å². The smallest absolute Gasteiger partial charge is 0.160 e. The maximum Gasteiger partial charge on any atom is 0.160 e. The molecular formula is C9H13BO. The summed E-state index contributed by atoms with van der Waals surface area (Å²) in [6.45, 7) is 4.37. The molecule has 1 N–H and O–H groups in total. The van der Waals surface area contributed by atoms with Crippen LogP contribution >= 0.6 is 0 Å². The summed E-state index contributed by atoms with van der Waals surface area (Å²) in [6, 6.07) is 7.40. The van der Waals surface area contributed by atoms with Crippen LogP contribution in [0.25, 0.3) is 0 Å². The van der Waals surface area contributed by atoms with Gasteiger partial charge < -0.3 is 5.11 Å². The van der Waals surface area contributed by atoms with Crippen molar-refractivity contribution in [3.63, 3.8) is 0 Å². The fraction of sp³-hybridized carbons (Fsp3) is 0.333. The van der Waals surface area contributed by atoms with E-state index in [4.69, 9.17) is 5.11 Å². The Balaban J connectivity index is 2.66. The molecule has 58 valence electrons. The van der Waals surface area contributed by atoms with E-state index < -0.39 is 0 Å². The van der Waals surface area contributed by atoms with Gasteiger partial charge in [-0.1, -0.05) is 37.3 Å². The second kappa shape index (κ2) is 3.47. The molecule has 0 atom stereocenters. The van der Waals surface area contributed by atoms with Gasteiger partial charge in [0.1, 0.15) is 5.75 Å². The zero-order valence-electron chi connectivity index (χ0n) is 7.04. The summed E-state index contributed by atoms with van der Waals surface area (Å²) in [5.74, 6) is 1.03. The second-order valence-electron chi connectivity index (χ2n) is 3.26. The lowest BCUT2D eigenvalue weighted by molar-refractivity contribution is 0.475. The van der Waals surface area contributed by atoms with Crippen LogP contribution in [0, 0.1) is 0 Å². The van der Waals surface area contributed by atoms with E-state index in [0.29, 0.717) is 11.6 Å². The van der Waals surface area contributed by atoms with E-state index in [1.807, 2.05) is 12.1 Å². The molecule has 11 heavy (non-hydrogen) atoms. The summed E-state index contributed by atoms with van der Waals surface area (Å²) >= 11 is 0. The number of benzene rings is 1. The van der Waals surface area contributed by atoms with Crippen molar-refractivity contribution >= 4 is 12.7 Å². The van der Waals surface area contributed by atoms with Gasteiger partial charge in [-0.15, -0.1) is 0 Å². The largest absolute Gasteiger partial charge is 0.508 e. The Kier molecular flexibility index (Phi) is 2.58. The molecule has 0 saturated heterocycles. The minimum absolute atomic E-state index is 0.345. The van der Waals surface area contributed by atoms with Crippen molar-refractivity contribution in [1.82, 2.24) is 0 Å². The van der Waals surface area contributed by atoms with Gasteiger partial charge in [-0.2, -0.15) is 0 Å². The highest BCUT2D eigenvalue weighted by Gasteiger charge is 1.99. The maximum absolute atomic E-state index is 8.99. The van der Waals surface area contributed by atoms with Gasteiger partial charge in [0.2, 0.25) is 0 Å². The molecule has 1 aromatic carbocycles. The van der Waals surface area contributed by atoms with Crippen LogP contribution in [0.3, 0.4) is 0 Å². The minimum atomic E-state index is 0.345. The molecule has 0 aromatic heterocycles.